The van der Waals surface area contributed by atoms with Crippen molar-refractivity contribution < 1.29 is 5.11 Å². The van der Waals surface area contributed by atoms with Crippen LogP contribution in [0.1, 0.15) is 12.6 Å². The number of hydrogen-bond donors (Lipinski definition) is 2. The monoisotopic (exact) mass is 520 g/mol. The van der Waals surface area contributed by atoms with Crippen LogP contribution in [0, 0.1) is 0 Å². The third-order valence-corrected chi connectivity index (χ3v) is 5.18. The topological polar surface area (TPSA) is 68.4 Å². The summed E-state index contributed by atoms with van der Waals surface area (Å²) in [5, 5.41) is 13.5. The number of nitrogens with one attached hydrogen (secondary N) is 1. The van der Waals surface area contributed by atoms with Gasteiger partial charge in [0.05, 0.1) is 11.4 Å². The van der Waals surface area contributed by atoms with Crippen LogP contribution in [0.15, 0.2) is 59.9 Å². The smallest absolute Gasteiger partial charge is 0.194 e. The molecule has 1 saturated heterocycles. The average molecular weight is 520 g/mol. The summed E-state index contributed by atoms with van der Waals surface area (Å²) in [5.41, 5.74) is 2.93. The van der Waals surface area contributed by atoms with Gasteiger partial charge in [-0.1, -0.05) is 18.2 Å². The van der Waals surface area contributed by atoms with Gasteiger partial charge in [0.15, 0.2) is 5.96 Å². The summed E-state index contributed by atoms with van der Waals surface area (Å²) >= 11 is 0. The molecule has 0 saturated carbocycles. The maximum absolute atomic E-state index is 10.1. The predicted molar refractivity (Wildman–Crippen MR) is 132 cm³/mol. The minimum Gasteiger partial charge on any atom is -0.506 e. The molecule has 7 nitrogen and oxygen atoms in total. The van der Waals surface area contributed by atoms with E-state index in [-0.39, 0.29) is 24.0 Å². The zero-order valence-corrected chi connectivity index (χ0v) is 19.6. The number of anilines is 1. The molecule has 160 valence electrons. The number of fused-ring (bicyclic) bond motifs is 1. The Hall–Kier alpha value is -2.49. The Morgan fingerprint density at radius 1 is 1.10 bits per heavy atom. The van der Waals surface area contributed by atoms with Gasteiger partial charge in [-0.25, -0.2) is 4.98 Å². The number of piperazine rings is 1. The lowest BCUT2D eigenvalue weighted by Gasteiger charge is -2.37. The first-order valence-electron chi connectivity index (χ1n) is 10.2. The number of phenolic OH excluding ortho intramolecular Hbond substituents is 1. The predicted octanol–water partition coefficient (Wildman–Crippen LogP) is 2.99. The fraction of sp³-hybridized carbons (Fsp3) is 0.364. The number of phenols is 1. The van der Waals surface area contributed by atoms with Crippen molar-refractivity contribution in [1.82, 2.24) is 19.6 Å². The van der Waals surface area contributed by atoms with Gasteiger partial charge in [-0.2, -0.15) is 0 Å². The Morgan fingerprint density at radius 2 is 1.87 bits per heavy atom. The third-order valence-electron chi connectivity index (χ3n) is 5.18. The average Bonchev–Trinajstić information content (AvgIpc) is 3.16. The number of para-hydroxylation sites is 2. The maximum atomic E-state index is 10.1. The molecule has 0 spiro atoms. The number of aliphatic imine (C=N–C) groups is 1. The Labute approximate surface area is 194 Å². The minimum atomic E-state index is 0. The molecule has 1 aliphatic rings. The molecule has 0 bridgehead atoms. The van der Waals surface area contributed by atoms with Crippen LogP contribution >= 0.6 is 24.0 Å². The molecule has 1 fully saturated rings. The highest BCUT2D eigenvalue weighted by Gasteiger charge is 2.21. The number of nitrogens with zero attached hydrogens (tertiary/aromatic N) is 5. The molecule has 8 heteroatoms. The first-order valence-corrected chi connectivity index (χ1v) is 10.2. The van der Waals surface area contributed by atoms with Crippen molar-refractivity contribution in [2.24, 2.45) is 4.99 Å². The highest BCUT2D eigenvalue weighted by Crippen LogP contribution is 2.27. The lowest BCUT2D eigenvalue weighted by molar-refractivity contribution is 0.370. The molecule has 0 unspecified atom stereocenters. The van der Waals surface area contributed by atoms with Crippen molar-refractivity contribution >= 4 is 41.3 Å². The molecule has 0 amide bonds. The van der Waals surface area contributed by atoms with Crippen LogP contribution in [-0.4, -0.2) is 64.6 Å². The molecule has 0 aliphatic carbocycles. The summed E-state index contributed by atoms with van der Waals surface area (Å²) in [7, 11) is 0. The number of imidazole rings is 1. The number of hydrogen-bond acceptors (Lipinski definition) is 4. The molecule has 0 radical (unpaired) electrons. The van der Waals surface area contributed by atoms with E-state index in [4.69, 9.17) is 4.99 Å². The molecule has 3 heterocycles. The normalized spacial score (nSPS) is 14.6. The second-order valence-corrected chi connectivity index (χ2v) is 7.15. The quantitative estimate of drug-likeness (QED) is 0.308. The first kappa shape index (κ1) is 22.2. The first-order chi connectivity index (χ1) is 14.2. The van der Waals surface area contributed by atoms with E-state index < -0.39 is 0 Å². The summed E-state index contributed by atoms with van der Waals surface area (Å²) in [4.78, 5) is 14.0. The number of halogens is 1. The van der Waals surface area contributed by atoms with E-state index >= 15 is 0 Å². The van der Waals surface area contributed by atoms with E-state index in [1.54, 1.807) is 6.07 Å². The molecule has 2 N–H and O–H groups in total. The van der Waals surface area contributed by atoms with Crippen LogP contribution in [0.3, 0.4) is 0 Å². The van der Waals surface area contributed by atoms with E-state index in [9.17, 15) is 5.11 Å². The summed E-state index contributed by atoms with van der Waals surface area (Å²) in [5.74, 6) is 1.29. The Kier molecular flexibility index (Phi) is 7.78. The highest BCUT2D eigenvalue weighted by atomic mass is 127. The third kappa shape index (κ3) is 5.16. The number of aromatic nitrogens is 2. The van der Waals surface area contributed by atoms with E-state index in [0.717, 1.165) is 62.1 Å². The molecule has 0 atom stereocenters. The summed E-state index contributed by atoms with van der Waals surface area (Å²) in [6, 6.07) is 13.6. The SMILES string of the molecule is CCNC(=NCCc1cn2ccccc2n1)N1CCN(c2ccccc2O)CC1.I. The molecular formula is C22H29IN6O. The second kappa shape index (κ2) is 10.5. The molecule has 2 aromatic heterocycles. The van der Waals surface area contributed by atoms with Crippen LogP contribution in [0.4, 0.5) is 5.69 Å². The molecular weight excluding hydrogens is 491 g/mol. The molecule has 3 aromatic rings. The van der Waals surface area contributed by atoms with Crippen molar-refractivity contribution in [2.75, 3.05) is 44.2 Å². The van der Waals surface area contributed by atoms with Gasteiger partial charge < -0.3 is 24.6 Å². The zero-order valence-electron chi connectivity index (χ0n) is 17.2. The molecule has 30 heavy (non-hydrogen) atoms. The summed E-state index contributed by atoms with van der Waals surface area (Å²) < 4.78 is 2.04. The maximum Gasteiger partial charge on any atom is 0.194 e. The minimum absolute atomic E-state index is 0. The van der Waals surface area contributed by atoms with Crippen LogP contribution in [-0.2, 0) is 6.42 Å². The number of aromatic hydroxyl groups is 1. The number of rotatable bonds is 5. The van der Waals surface area contributed by atoms with Gasteiger partial charge in [-0.3, -0.25) is 4.99 Å². The molecule has 1 aromatic carbocycles. The van der Waals surface area contributed by atoms with Gasteiger partial charge in [-0.15, -0.1) is 24.0 Å². The second-order valence-electron chi connectivity index (χ2n) is 7.15. The van der Waals surface area contributed by atoms with Gasteiger partial charge >= 0.3 is 0 Å². The molecule has 1 aliphatic heterocycles. The number of pyridine rings is 1. The summed E-state index contributed by atoms with van der Waals surface area (Å²) in [6.07, 6.45) is 4.90. The fourth-order valence-electron chi connectivity index (χ4n) is 3.70. The standard InChI is InChI=1S/C22H28N6O.HI/c1-2-23-22(24-11-10-18-17-28-12-6-5-9-21(28)25-18)27-15-13-26(14-16-27)19-7-3-4-8-20(19)29;/h3-9,12,17,29H,2,10-11,13-16H2,1H3,(H,23,24);1H. The largest absolute Gasteiger partial charge is 0.506 e. The number of benzene rings is 1. The van der Waals surface area contributed by atoms with Crippen molar-refractivity contribution in [3.05, 3.63) is 60.6 Å². The van der Waals surface area contributed by atoms with Gasteiger partial charge in [0.25, 0.3) is 0 Å². The van der Waals surface area contributed by atoms with Crippen molar-refractivity contribution in [3.8, 4) is 5.75 Å². The lowest BCUT2D eigenvalue weighted by atomic mass is 10.2. The lowest BCUT2D eigenvalue weighted by Crippen LogP contribution is -2.52. The molecule has 4 rings (SSSR count). The van der Waals surface area contributed by atoms with Crippen molar-refractivity contribution in [1.29, 1.82) is 0 Å². The Bertz CT molecular complexity index is 947. The Morgan fingerprint density at radius 3 is 2.60 bits per heavy atom. The number of guanidine groups is 1. The van der Waals surface area contributed by atoms with Crippen LogP contribution in [0.2, 0.25) is 0 Å². The fourth-order valence-corrected chi connectivity index (χ4v) is 3.70. The van der Waals surface area contributed by atoms with E-state index in [1.165, 1.54) is 0 Å². The highest BCUT2D eigenvalue weighted by molar-refractivity contribution is 14.0. The zero-order chi connectivity index (χ0) is 20.1. The van der Waals surface area contributed by atoms with Gasteiger partial charge in [0.1, 0.15) is 11.4 Å². The van der Waals surface area contributed by atoms with Gasteiger partial charge in [0, 0.05) is 58.1 Å². The van der Waals surface area contributed by atoms with Crippen molar-refractivity contribution in [3.63, 3.8) is 0 Å². The van der Waals surface area contributed by atoms with Crippen LogP contribution < -0.4 is 10.2 Å². The van der Waals surface area contributed by atoms with Crippen LogP contribution in [0.25, 0.3) is 5.65 Å². The Balaban J connectivity index is 0.00000256. The van der Waals surface area contributed by atoms with Gasteiger partial charge in [-0.05, 0) is 31.2 Å². The van der Waals surface area contributed by atoms with Crippen LogP contribution in [0.5, 0.6) is 5.75 Å². The summed E-state index contributed by atoms with van der Waals surface area (Å²) in [6.45, 7) is 7.08. The van der Waals surface area contributed by atoms with E-state index in [2.05, 4.69) is 33.2 Å². The van der Waals surface area contributed by atoms with E-state index in [0.29, 0.717) is 12.3 Å². The van der Waals surface area contributed by atoms with Gasteiger partial charge in [0.2, 0.25) is 0 Å². The van der Waals surface area contributed by atoms with Crippen molar-refractivity contribution in [2.45, 2.75) is 13.3 Å². The van der Waals surface area contributed by atoms with E-state index in [1.807, 2.05) is 47.0 Å².